The summed E-state index contributed by atoms with van der Waals surface area (Å²) in [5.41, 5.74) is 6.86. The lowest BCUT2D eigenvalue weighted by Crippen LogP contribution is -2.47. The summed E-state index contributed by atoms with van der Waals surface area (Å²) in [4.78, 5) is 19.5. The molecule has 4 rings (SSSR count). The SMILES string of the molecule is Nc1c(Cl)cc(C(=O)NCC2CCN(CC3(O)CCCOCC3)CC2)c2ncccc12. The average molecular weight is 447 g/mol. The number of nitrogen functional groups attached to an aromatic ring is 1. The molecule has 0 bridgehead atoms. The number of ether oxygens (including phenoxy) is 1. The summed E-state index contributed by atoms with van der Waals surface area (Å²) in [5.74, 6) is 0.233. The molecule has 1 unspecified atom stereocenters. The van der Waals surface area contributed by atoms with E-state index >= 15 is 0 Å². The van der Waals surface area contributed by atoms with Gasteiger partial charge in [0.1, 0.15) is 0 Å². The van der Waals surface area contributed by atoms with Crippen molar-refractivity contribution in [2.24, 2.45) is 5.92 Å². The molecule has 0 spiro atoms. The van der Waals surface area contributed by atoms with Crippen LogP contribution in [0.25, 0.3) is 10.9 Å². The smallest absolute Gasteiger partial charge is 0.253 e. The van der Waals surface area contributed by atoms with Gasteiger partial charge in [0.05, 0.1) is 27.4 Å². The number of hydrogen-bond donors (Lipinski definition) is 3. The summed E-state index contributed by atoms with van der Waals surface area (Å²) in [5, 5.41) is 15.0. The Morgan fingerprint density at radius 1 is 1.35 bits per heavy atom. The van der Waals surface area contributed by atoms with E-state index in [-0.39, 0.29) is 5.91 Å². The molecule has 2 fully saturated rings. The number of fused-ring (bicyclic) bond motifs is 1. The van der Waals surface area contributed by atoms with Crippen molar-refractivity contribution >= 4 is 34.1 Å². The molecule has 1 amide bonds. The van der Waals surface area contributed by atoms with Crippen molar-refractivity contribution in [3.05, 3.63) is 35.0 Å². The van der Waals surface area contributed by atoms with Crippen LogP contribution in [0.5, 0.6) is 0 Å². The predicted molar refractivity (Wildman–Crippen MR) is 122 cm³/mol. The number of nitrogens with one attached hydrogen (secondary N) is 1. The molecule has 31 heavy (non-hydrogen) atoms. The third kappa shape index (κ3) is 5.29. The Hall–Kier alpha value is -1.93. The zero-order valence-corrected chi connectivity index (χ0v) is 18.5. The first-order chi connectivity index (χ1) is 15.0. The van der Waals surface area contributed by atoms with Crippen molar-refractivity contribution in [2.75, 3.05) is 45.1 Å². The van der Waals surface area contributed by atoms with Gasteiger partial charge in [-0.15, -0.1) is 0 Å². The Morgan fingerprint density at radius 2 is 2.16 bits per heavy atom. The standard InChI is InChI=1S/C23H31ClN4O3/c24-19-13-18(21-17(20(19)25)3-1-8-26-21)22(29)27-14-16-4-9-28(10-5-16)15-23(30)6-2-11-31-12-7-23/h1,3,8,13,16,30H,2,4-7,9-12,14-15,25H2,(H,27,29). The molecule has 0 aliphatic carbocycles. The molecule has 168 valence electrons. The number of nitrogens with two attached hydrogens (primary N) is 1. The fourth-order valence-corrected chi connectivity index (χ4v) is 4.87. The van der Waals surface area contributed by atoms with E-state index < -0.39 is 5.60 Å². The number of aliphatic hydroxyl groups is 1. The maximum Gasteiger partial charge on any atom is 0.253 e. The highest BCUT2D eigenvalue weighted by Crippen LogP contribution is 2.30. The number of carbonyl (C=O) groups excluding carboxylic acids is 1. The number of halogens is 1. The highest BCUT2D eigenvalue weighted by atomic mass is 35.5. The number of β-amino-alcohol motifs (C(OH)–C–C–N with tert-alkyl or cyclic N) is 1. The molecule has 1 atom stereocenters. The molecule has 1 aromatic heterocycles. The van der Waals surface area contributed by atoms with E-state index in [1.165, 1.54) is 0 Å². The van der Waals surface area contributed by atoms with E-state index in [1.807, 2.05) is 6.07 Å². The van der Waals surface area contributed by atoms with Crippen LogP contribution in [-0.4, -0.2) is 65.9 Å². The van der Waals surface area contributed by atoms with Crippen LogP contribution in [0.4, 0.5) is 5.69 Å². The van der Waals surface area contributed by atoms with Crippen LogP contribution in [0.1, 0.15) is 42.5 Å². The minimum absolute atomic E-state index is 0.180. The van der Waals surface area contributed by atoms with Crippen LogP contribution in [0.2, 0.25) is 5.02 Å². The quantitative estimate of drug-likeness (QED) is 0.610. The maximum atomic E-state index is 12.9. The fraction of sp³-hybridized carbons (Fsp3) is 0.565. The Kier molecular flexibility index (Phi) is 6.96. The largest absolute Gasteiger partial charge is 0.397 e. The summed E-state index contributed by atoms with van der Waals surface area (Å²) < 4.78 is 5.49. The van der Waals surface area contributed by atoms with E-state index in [2.05, 4.69) is 15.2 Å². The van der Waals surface area contributed by atoms with Crippen molar-refractivity contribution < 1.29 is 14.6 Å². The van der Waals surface area contributed by atoms with Crippen molar-refractivity contribution in [2.45, 2.75) is 37.7 Å². The average Bonchev–Trinajstić information content (AvgIpc) is 3.00. The molecule has 0 radical (unpaired) electrons. The lowest BCUT2D eigenvalue weighted by Gasteiger charge is -2.37. The van der Waals surface area contributed by atoms with Gasteiger partial charge in [0.2, 0.25) is 0 Å². The second kappa shape index (κ2) is 9.69. The third-order valence-corrected chi connectivity index (χ3v) is 6.86. The molecular formula is C23H31ClN4O3. The zero-order chi connectivity index (χ0) is 21.8. The van der Waals surface area contributed by atoms with E-state index in [0.717, 1.165) is 45.4 Å². The monoisotopic (exact) mass is 446 g/mol. The first-order valence-corrected chi connectivity index (χ1v) is 11.5. The molecule has 1 aromatic carbocycles. The maximum absolute atomic E-state index is 12.9. The third-order valence-electron chi connectivity index (χ3n) is 6.54. The summed E-state index contributed by atoms with van der Waals surface area (Å²) in [7, 11) is 0. The van der Waals surface area contributed by atoms with Gasteiger partial charge in [0, 0.05) is 44.3 Å². The number of benzene rings is 1. The zero-order valence-electron chi connectivity index (χ0n) is 17.8. The molecule has 2 aliphatic heterocycles. The van der Waals surface area contributed by atoms with Crippen molar-refractivity contribution in [3.8, 4) is 0 Å². The van der Waals surface area contributed by atoms with Gasteiger partial charge in [-0.05, 0) is 62.9 Å². The predicted octanol–water partition coefficient (Wildman–Crippen LogP) is 2.84. The lowest BCUT2D eigenvalue weighted by molar-refractivity contribution is -0.0203. The minimum Gasteiger partial charge on any atom is -0.397 e. The Morgan fingerprint density at radius 3 is 2.97 bits per heavy atom. The molecule has 8 heteroatoms. The Balaban J connectivity index is 1.31. The van der Waals surface area contributed by atoms with Crippen LogP contribution in [0, 0.1) is 5.92 Å². The second-order valence-electron chi connectivity index (χ2n) is 8.84. The van der Waals surface area contributed by atoms with E-state index in [4.69, 9.17) is 22.1 Å². The van der Waals surface area contributed by atoms with Gasteiger partial charge in [-0.25, -0.2) is 0 Å². The highest BCUT2D eigenvalue weighted by Gasteiger charge is 2.32. The van der Waals surface area contributed by atoms with Crippen LogP contribution >= 0.6 is 11.6 Å². The minimum atomic E-state index is -0.639. The van der Waals surface area contributed by atoms with E-state index in [1.54, 1.807) is 18.3 Å². The normalized spacial score (nSPS) is 23.5. The summed E-state index contributed by atoms with van der Waals surface area (Å²) in [6, 6.07) is 5.20. The first kappa shape index (κ1) is 22.3. The van der Waals surface area contributed by atoms with Gasteiger partial charge in [0.15, 0.2) is 0 Å². The van der Waals surface area contributed by atoms with Crippen LogP contribution in [0.3, 0.4) is 0 Å². The molecule has 2 aliphatic rings. The molecule has 4 N–H and O–H groups in total. The fourth-order valence-electron chi connectivity index (χ4n) is 4.66. The molecule has 3 heterocycles. The summed E-state index contributed by atoms with van der Waals surface area (Å²) in [6.45, 7) is 4.56. The topological polar surface area (TPSA) is 101 Å². The number of pyridine rings is 1. The van der Waals surface area contributed by atoms with E-state index in [9.17, 15) is 9.90 Å². The number of rotatable bonds is 5. The number of piperidine rings is 1. The lowest BCUT2D eigenvalue weighted by atomic mass is 9.91. The number of aromatic nitrogens is 1. The molecule has 2 aromatic rings. The number of hydrogen-bond acceptors (Lipinski definition) is 6. The second-order valence-corrected chi connectivity index (χ2v) is 9.25. The van der Waals surface area contributed by atoms with Crippen LogP contribution in [0.15, 0.2) is 24.4 Å². The molecular weight excluding hydrogens is 416 g/mol. The van der Waals surface area contributed by atoms with Gasteiger partial charge in [-0.2, -0.15) is 0 Å². The van der Waals surface area contributed by atoms with Gasteiger partial charge < -0.3 is 25.8 Å². The van der Waals surface area contributed by atoms with Crippen molar-refractivity contribution in [3.63, 3.8) is 0 Å². The van der Waals surface area contributed by atoms with Gasteiger partial charge in [0.25, 0.3) is 5.91 Å². The van der Waals surface area contributed by atoms with Crippen molar-refractivity contribution in [1.82, 2.24) is 15.2 Å². The van der Waals surface area contributed by atoms with Gasteiger partial charge >= 0.3 is 0 Å². The summed E-state index contributed by atoms with van der Waals surface area (Å²) in [6.07, 6.45) is 6.06. The number of likely N-dealkylation sites (tertiary alicyclic amines) is 1. The van der Waals surface area contributed by atoms with Crippen molar-refractivity contribution in [1.29, 1.82) is 0 Å². The number of nitrogens with zero attached hydrogens (tertiary/aromatic N) is 2. The van der Waals surface area contributed by atoms with E-state index in [0.29, 0.717) is 59.2 Å². The van der Waals surface area contributed by atoms with Crippen LogP contribution < -0.4 is 11.1 Å². The Bertz CT molecular complexity index is 922. The molecule has 0 saturated carbocycles. The van der Waals surface area contributed by atoms with Gasteiger partial charge in [-0.1, -0.05) is 11.6 Å². The highest BCUT2D eigenvalue weighted by molar-refractivity contribution is 6.35. The summed E-state index contributed by atoms with van der Waals surface area (Å²) >= 11 is 6.24. The Labute approximate surface area is 187 Å². The first-order valence-electron chi connectivity index (χ1n) is 11.1. The number of anilines is 1. The molecule has 7 nitrogen and oxygen atoms in total. The molecule has 2 saturated heterocycles. The number of amides is 1. The number of carbonyl (C=O) groups is 1. The van der Waals surface area contributed by atoms with Gasteiger partial charge in [-0.3, -0.25) is 9.78 Å². The van der Waals surface area contributed by atoms with Crippen LogP contribution in [-0.2, 0) is 4.74 Å².